The smallest absolute Gasteiger partial charge is 0.321 e. The molecule has 1 fully saturated rings. The number of benzene rings is 1. The molecule has 1 saturated heterocycles. The molecule has 2 amide bonds. The van der Waals surface area contributed by atoms with Crippen LogP contribution in [0.15, 0.2) is 34.7 Å². The van der Waals surface area contributed by atoms with Crippen molar-refractivity contribution in [1.29, 1.82) is 0 Å². The van der Waals surface area contributed by atoms with Crippen LogP contribution in [-0.4, -0.2) is 34.2 Å². The van der Waals surface area contributed by atoms with E-state index in [1.54, 1.807) is 0 Å². The monoisotopic (exact) mass is 342 g/mol. The lowest BCUT2D eigenvalue weighted by molar-refractivity contribution is 0.186. The molecule has 0 aliphatic carbocycles. The minimum atomic E-state index is -0.0784. The molecule has 134 valence electrons. The second kappa shape index (κ2) is 7.25. The first-order valence-electron chi connectivity index (χ1n) is 8.84. The molecule has 25 heavy (non-hydrogen) atoms. The SMILES string of the molecule is CC(C)(C)Cc1nnc(C2CCCN(C(=O)Nc3ccccc3)C2)o1. The Morgan fingerprint density at radius 2 is 2.04 bits per heavy atom. The molecule has 1 aliphatic heterocycles. The molecule has 1 N–H and O–H groups in total. The second-order valence-electron chi connectivity index (χ2n) is 7.85. The van der Waals surface area contributed by atoms with E-state index in [4.69, 9.17) is 4.42 Å². The van der Waals surface area contributed by atoms with Gasteiger partial charge in [-0.25, -0.2) is 4.79 Å². The molecule has 0 radical (unpaired) electrons. The number of amides is 2. The van der Waals surface area contributed by atoms with Gasteiger partial charge in [0.25, 0.3) is 0 Å². The van der Waals surface area contributed by atoms with Crippen molar-refractivity contribution >= 4 is 11.7 Å². The number of nitrogens with zero attached hydrogens (tertiary/aromatic N) is 3. The molecule has 6 heteroatoms. The van der Waals surface area contributed by atoms with Crippen LogP contribution in [0.1, 0.15) is 51.3 Å². The summed E-state index contributed by atoms with van der Waals surface area (Å²) in [5.74, 6) is 1.43. The third-order valence-electron chi connectivity index (χ3n) is 4.25. The summed E-state index contributed by atoms with van der Waals surface area (Å²) >= 11 is 0. The highest BCUT2D eigenvalue weighted by Crippen LogP contribution is 2.28. The second-order valence-corrected chi connectivity index (χ2v) is 7.85. The number of urea groups is 1. The van der Waals surface area contributed by atoms with Gasteiger partial charge >= 0.3 is 6.03 Å². The summed E-state index contributed by atoms with van der Waals surface area (Å²) in [6.45, 7) is 7.79. The van der Waals surface area contributed by atoms with Crippen LogP contribution in [0.4, 0.5) is 10.5 Å². The summed E-state index contributed by atoms with van der Waals surface area (Å²) in [6, 6.07) is 9.43. The zero-order chi connectivity index (χ0) is 17.9. The Morgan fingerprint density at radius 3 is 2.76 bits per heavy atom. The number of aromatic nitrogens is 2. The Balaban J connectivity index is 1.62. The topological polar surface area (TPSA) is 71.3 Å². The number of rotatable bonds is 3. The van der Waals surface area contributed by atoms with Crippen molar-refractivity contribution in [3.05, 3.63) is 42.1 Å². The van der Waals surface area contributed by atoms with E-state index in [0.29, 0.717) is 18.3 Å². The number of para-hydroxylation sites is 1. The fourth-order valence-corrected chi connectivity index (χ4v) is 3.04. The molecule has 1 aromatic carbocycles. The van der Waals surface area contributed by atoms with Gasteiger partial charge in [-0.3, -0.25) is 0 Å². The lowest BCUT2D eigenvalue weighted by Crippen LogP contribution is -2.41. The standard InChI is InChI=1S/C19H26N4O2/c1-19(2,3)12-16-21-22-17(25-16)14-8-7-11-23(13-14)18(24)20-15-9-5-4-6-10-15/h4-6,9-10,14H,7-8,11-13H2,1-3H3,(H,20,24). The number of likely N-dealkylation sites (tertiary alicyclic amines) is 1. The van der Waals surface area contributed by atoms with E-state index in [0.717, 1.165) is 31.5 Å². The van der Waals surface area contributed by atoms with E-state index < -0.39 is 0 Å². The van der Waals surface area contributed by atoms with Crippen molar-refractivity contribution in [3.8, 4) is 0 Å². The predicted octanol–water partition coefficient (Wildman–Crippen LogP) is 4.07. The van der Waals surface area contributed by atoms with E-state index >= 15 is 0 Å². The van der Waals surface area contributed by atoms with Gasteiger partial charge in [-0.15, -0.1) is 10.2 Å². The Bertz CT molecular complexity index is 706. The molecular formula is C19H26N4O2. The van der Waals surface area contributed by atoms with Crippen molar-refractivity contribution in [2.45, 2.75) is 46.0 Å². The summed E-state index contributed by atoms with van der Waals surface area (Å²) < 4.78 is 5.86. The maximum Gasteiger partial charge on any atom is 0.321 e. The predicted molar refractivity (Wildman–Crippen MR) is 96.5 cm³/mol. The Morgan fingerprint density at radius 1 is 1.28 bits per heavy atom. The van der Waals surface area contributed by atoms with Gasteiger partial charge in [-0.2, -0.15) is 0 Å². The van der Waals surface area contributed by atoms with Crippen molar-refractivity contribution in [2.75, 3.05) is 18.4 Å². The van der Waals surface area contributed by atoms with Crippen LogP contribution in [0.3, 0.4) is 0 Å². The Kier molecular flexibility index (Phi) is 5.06. The first-order chi connectivity index (χ1) is 11.9. The molecule has 1 aliphatic rings. The van der Waals surface area contributed by atoms with Crippen LogP contribution in [0, 0.1) is 5.41 Å². The number of nitrogens with one attached hydrogen (secondary N) is 1. The first-order valence-corrected chi connectivity index (χ1v) is 8.84. The van der Waals surface area contributed by atoms with E-state index in [1.165, 1.54) is 0 Å². The van der Waals surface area contributed by atoms with Crippen LogP contribution >= 0.6 is 0 Å². The number of piperidine rings is 1. The van der Waals surface area contributed by atoms with Crippen LogP contribution < -0.4 is 5.32 Å². The van der Waals surface area contributed by atoms with Gasteiger partial charge in [-0.05, 0) is 30.4 Å². The summed E-state index contributed by atoms with van der Waals surface area (Å²) in [7, 11) is 0. The summed E-state index contributed by atoms with van der Waals surface area (Å²) in [5.41, 5.74) is 0.915. The summed E-state index contributed by atoms with van der Waals surface area (Å²) in [6.07, 6.45) is 2.65. The fourth-order valence-electron chi connectivity index (χ4n) is 3.04. The lowest BCUT2D eigenvalue weighted by atomic mass is 9.92. The van der Waals surface area contributed by atoms with Crippen molar-refractivity contribution in [3.63, 3.8) is 0 Å². The minimum absolute atomic E-state index is 0.0784. The molecule has 1 aromatic heterocycles. The number of carbonyl (C=O) groups excluding carboxylic acids is 1. The zero-order valence-electron chi connectivity index (χ0n) is 15.2. The van der Waals surface area contributed by atoms with Crippen LogP contribution in [0.5, 0.6) is 0 Å². The molecule has 2 aromatic rings. The highest BCUT2D eigenvalue weighted by atomic mass is 16.4. The van der Waals surface area contributed by atoms with Gasteiger partial charge in [0, 0.05) is 25.2 Å². The average molecular weight is 342 g/mol. The average Bonchev–Trinajstić information content (AvgIpc) is 3.02. The third-order valence-corrected chi connectivity index (χ3v) is 4.25. The number of carbonyl (C=O) groups is 1. The lowest BCUT2D eigenvalue weighted by Gasteiger charge is -2.31. The Hall–Kier alpha value is -2.37. The van der Waals surface area contributed by atoms with Crippen LogP contribution in [-0.2, 0) is 6.42 Å². The van der Waals surface area contributed by atoms with Crippen molar-refractivity contribution in [2.24, 2.45) is 5.41 Å². The van der Waals surface area contributed by atoms with Gasteiger partial charge in [0.1, 0.15) is 0 Å². The number of anilines is 1. The molecule has 3 rings (SSSR count). The largest absolute Gasteiger partial charge is 0.425 e. The quantitative estimate of drug-likeness (QED) is 0.913. The maximum atomic E-state index is 12.5. The van der Waals surface area contributed by atoms with Gasteiger partial charge in [0.05, 0.1) is 5.92 Å². The molecular weight excluding hydrogens is 316 g/mol. The van der Waals surface area contributed by atoms with E-state index in [9.17, 15) is 4.79 Å². The van der Waals surface area contributed by atoms with Crippen LogP contribution in [0.2, 0.25) is 0 Å². The van der Waals surface area contributed by atoms with Crippen molar-refractivity contribution in [1.82, 2.24) is 15.1 Å². The molecule has 0 saturated carbocycles. The highest BCUT2D eigenvalue weighted by molar-refractivity contribution is 5.89. The van der Waals surface area contributed by atoms with Crippen molar-refractivity contribution < 1.29 is 9.21 Å². The van der Waals surface area contributed by atoms with Gasteiger partial charge < -0.3 is 14.6 Å². The minimum Gasteiger partial charge on any atom is -0.425 e. The van der Waals surface area contributed by atoms with E-state index in [2.05, 4.69) is 36.3 Å². The molecule has 6 nitrogen and oxygen atoms in total. The van der Waals surface area contributed by atoms with E-state index in [-0.39, 0.29) is 17.4 Å². The highest BCUT2D eigenvalue weighted by Gasteiger charge is 2.29. The zero-order valence-corrected chi connectivity index (χ0v) is 15.2. The number of hydrogen-bond acceptors (Lipinski definition) is 4. The molecule has 0 bridgehead atoms. The van der Waals surface area contributed by atoms with Crippen LogP contribution in [0.25, 0.3) is 0 Å². The first kappa shape index (κ1) is 17.5. The maximum absolute atomic E-state index is 12.5. The van der Waals surface area contributed by atoms with Gasteiger partial charge in [0.2, 0.25) is 11.8 Å². The van der Waals surface area contributed by atoms with Gasteiger partial charge in [-0.1, -0.05) is 39.0 Å². The fraction of sp³-hybridized carbons (Fsp3) is 0.526. The molecule has 0 spiro atoms. The molecule has 1 atom stereocenters. The summed E-state index contributed by atoms with van der Waals surface area (Å²) in [5, 5.41) is 11.3. The summed E-state index contributed by atoms with van der Waals surface area (Å²) in [4.78, 5) is 14.3. The molecule has 1 unspecified atom stereocenters. The van der Waals surface area contributed by atoms with E-state index in [1.807, 2.05) is 35.2 Å². The Labute approximate surface area is 148 Å². The normalized spacial score (nSPS) is 18.2. The van der Waals surface area contributed by atoms with Gasteiger partial charge in [0.15, 0.2) is 0 Å². The molecule has 2 heterocycles. The number of hydrogen-bond donors (Lipinski definition) is 1. The third kappa shape index (κ3) is 4.81.